The first kappa shape index (κ1) is 17.8. The molecule has 142 valence electrons. The minimum Gasteiger partial charge on any atom is -0.422 e. The maximum Gasteiger partial charge on any atom is 0.350 e. The van der Waals surface area contributed by atoms with Crippen LogP contribution in [0.2, 0.25) is 0 Å². The number of carbonyl (C=O) groups excluding carboxylic acids is 2. The lowest BCUT2D eigenvalue weighted by atomic mass is 10.00. The Bertz CT molecular complexity index is 1150. The molecule has 0 saturated carbocycles. The second kappa shape index (κ2) is 7.26. The molecule has 29 heavy (non-hydrogen) atoms. The lowest BCUT2D eigenvalue weighted by Crippen LogP contribution is -2.31. The number of ketones is 1. The summed E-state index contributed by atoms with van der Waals surface area (Å²) in [6, 6.07) is 25.0. The van der Waals surface area contributed by atoms with E-state index in [9.17, 15) is 9.59 Å². The molecular weight excluding hydrogens is 382 g/mol. The molecule has 0 aromatic heterocycles. The molecule has 2 aliphatic heterocycles. The summed E-state index contributed by atoms with van der Waals surface area (Å²) in [7, 11) is 0. The van der Waals surface area contributed by atoms with Crippen molar-refractivity contribution in [3.05, 3.63) is 101 Å². The number of fused-ring (bicyclic) bond motifs is 2. The predicted molar refractivity (Wildman–Crippen MR) is 113 cm³/mol. The quantitative estimate of drug-likeness (QED) is 0.273. The third kappa shape index (κ3) is 3.13. The number of para-hydroxylation sites is 2. The molecule has 0 N–H and O–H groups in total. The molecule has 0 radical (unpaired) electrons. The summed E-state index contributed by atoms with van der Waals surface area (Å²) in [5.74, 6) is -0.547. The number of hydrogen-bond acceptors (Lipinski definition) is 5. The van der Waals surface area contributed by atoms with Gasteiger partial charge in [0.25, 0.3) is 0 Å². The fourth-order valence-corrected chi connectivity index (χ4v) is 4.85. The highest BCUT2D eigenvalue weighted by Crippen LogP contribution is 2.48. The Kier molecular flexibility index (Phi) is 4.45. The number of carbonyl (C=O) groups is 2. The molecule has 0 bridgehead atoms. The van der Waals surface area contributed by atoms with E-state index in [1.165, 1.54) is 17.3 Å². The van der Waals surface area contributed by atoms with Gasteiger partial charge in [-0.25, -0.2) is 4.79 Å². The molecule has 2 heterocycles. The van der Waals surface area contributed by atoms with Crippen LogP contribution in [0, 0.1) is 0 Å². The Hall–Kier alpha value is -3.31. The van der Waals surface area contributed by atoms with E-state index >= 15 is 0 Å². The highest BCUT2D eigenvalue weighted by atomic mass is 32.2. The van der Waals surface area contributed by atoms with Crippen LogP contribution in [-0.2, 0) is 11.2 Å². The molecule has 3 aromatic rings. The van der Waals surface area contributed by atoms with E-state index in [0.29, 0.717) is 22.9 Å². The molecule has 0 unspecified atom stereocenters. The predicted octanol–water partition coefficient (Wildman–Crippen LogP) is 4.85. The topological polar surface area (TPSA) is 46.6 Å². The van der Waals surface area contributed by atoms with Gasteiger partial charge in [-0.2, -0.15) is 0 Å². The lowest BCUT2D eigenvalue weighted by molar-refractivity contribution is -0.130. The smallest absolute Gasteiger partial charge is 0.350 e. The molecule has 0 aliphatic carbocycles. The van der Waals surface area contributed by atoms with Crippen LogP contribution < -0.4 is 9.64 Å². The van der Waals surface area contributed by atoms with Gasteiger partial charge in [-0.1, -0.05) is 66.4 Å². The molecule has 0 spiro atoms. The number of ether oxygens (including phenoxy) is 1. The van der Waals surface area contributed by atoms with Gasteiger partial charge in [0.1, 0.15) is 11.3 Å². The Labute approximate surface area is 172 Å². The standard InChI is InChI=1S/C24H17NO3S/c26-22-17-10-4-6-12-19(17)28-24(27)21(22)23-25(15-14-16-8-2-1-3-9-16)18-11-5-7-13-20(18)29-23/h1-13H,14-15H2. The molecule has 0 amide bonds. The monoisotopic (exact) mass is 399 g/mol. The summed E-state index contributed by atoms with van der Waals surface area (Å²) in [4.78, 5) is 29.1. The number of benzene rings is 3. The average molecular weight is 399 g/mol. The lowest BCUT2D eigenvalue weighted by Gasteiger charge is -2.24. The number of nitrogens with zero attached hydrogens (tertiary/aromatic N) is 1. The molecule has 3 aromatic carbocycles. The third-order valence-electron chi connectivity index (χ3n) is 5.05. The molecule has 5 heteroatoms. The van der Waals surface area contributed by atoms with Crippen LogP contribution in [0.5, 0.6) is 5.75 Å². The van der Waals surface area contributed by atoms with E-state index in [4.69, 9.17) is 4.74 Å². The van der Waals surface area contributed by atoms with Gasteiger partial charge < -0.3 is 9.64 Å². The molecule has 2 aliphatic rings. The van der Waals surface area contributed by atoms with E-state index in [1.54, 1.807) is 24.3 Å². The van der Waals surface area contributed by atoms with E-state index in [-0.39, 0.29) is 11.4 Å². The van der Waals surface area contributed by atoms with E-state index < -0.39 is 5.97 Å². The molecular formula is C24H17NO3S. The van der Waals surface area contributed by atoms with Crippen molar-refractivity contribution in [3.8, 4) is 5.75 Å². The Morgan fingerprint density at radius 2 is 1.55 bits per heavy atom. The second-order valence-electron chi connectivity index (χ2n) is 6.85. The number of rotatable bonds is 3. The van der Waals surface area contributed by atoms with Crippen molar-refractivity contribution in [2.75, 3.05) is 11.4 Å². The highest BCUT2D eigenvalue weighted by molar-refractivity contribution is 8.03. The zero-order chi connectivity index (χ0) is 19.8. The molecule has 4 nitrogen and oxygen atoms in total. The summed E-state index contributed by atoms with van der Waals surface area (Å²) in [6.07, 6.45) is 0.798. The highest BCUT2D eigenvalue weighted by Gasteiger charge is 2.38. The molecule has 5 rings (SSSR count). The van der Waals surface area contributed by atoms with Crippen LogP contribution >= 0.6 is 11.8 Å². The Balaban J connectivity index is 1.57. The van der Waals surface area contributed by atoms with Gasteiger partial charge in [0.05, 0.1) is 16.3 Å². The average Bonchev–Trinajstić information content (AvgIpc) is 3.11. The number of hydrogen-bond donors (Lipinski definition) is 0. The first-order valence-electron chi connectivity index (χ1n) is 9.41. The van der Waals surface area contributed by atoms with Crippen molar-refractivity contribution < 1.29 is 14.3 Å². The van der Waals surface area contributed by atoms with Crippen LogP contribution in [0.15, 0.2) is 94.4 Å². The first-order valence-corrected chi connectivity index (χ1v) is 10.2. The SMILES string of the molecule is O=C1Oc2ccccc2C(=O)C1=C1Sc2ccccc2N1CCc1ccccc1. The minimum absolute atomic E-state index is 0.109. The number of thioether (sulfide) groups is 1. The van der Waals surface area contributed by atoms with Crippen molar-refractivity contribution in [1.82, 2.24) is 0 Å². The van der Waals surface area contributed by atoms with Gasteiger partial charge in [-0.3, -0.25) is 4.79 Å². The third-order valence-corrected chi connectivity index (χ3v) is 6.24. The maximum absolute atomic E-state index is 13.2. The summed E-state index contributed by atoms with van der Waals surface area (Å²) in [5.41, 5.74) is 2.75. The summed E-state index contributed by atoms with van der Waals surface area (Å²) in [5, 5.41) is 0.645. The van der Waals surface area contributed by atoms with Gasteiger partial charge in [-0.05, 0) is 36.2 Å². The number of anilines is 1. The van der Waals surface area contributed by atoms with Crippen LogP contribution in [0.3, 0.4) is 0 Å². The van der Waals surface area contributed by atoms with Crippen molar-refractivity contribution in [2.45, 2.75) is 11.3 Å². The van der Waals surface area contributed by atoms with Crippen LogP contribution in [-0.4, -0.2) is 18.3 Å². The zero-order valence-corrected chi connectivity index (χ0v) is 16.3. The zero-order valence-electron chi connectivity index (χ0n) is 15.5. The molecule has 0 atom stereocenters. The van der Waals surface area contributed by atoms with Crippen molar-refractivity contribution in [1.29, 1.82) is 0 Å². The fourth-order valence-electron chi connectivity index (χ4n) is 3.63. The van der Waals surface area contributed by atoms with Gasteiger partial charge >= 0.3 is 5.97 Å². The molecule has 0 saturated heterocycles. The number of esters is 1. The molecule has 0 fully saturated rings. The van der Waals surface area contributed by atoms with E-state index in [0.717, 1.165) is 17.0 Å². The van der Waals surface area contributed by atoms with Crippen molar-refractivity contribution in [3.63, 3.8) is 0 Å². The normalized spacial score (nSPS) is 17.7. The Morgan fingerprint density at radius 1 is 0.828 bits per heavy atom. The van der Waals surface area contributed by atoms with Crippen LogP contribution in [0.25, 0.3) is 0 Å². The van der Waals surface area contributed by atoms with Gasteiger partial charge in [0, 0.05) is 11.4 Å². The van der Waals surface area contributed by atoms with E-state index in [1.807, 2.05) is 42.5 Å². The van der Waals surface area contributed by atoms with E-state index in [2.05, 4.69) is 17.0 Å². The van der Waals surface area contributed by atoms with Gasteiger partial charge in [0.15, 0.2) is 0 Å². The summed E-state index contributed by atoms with van der Waals surface area (Å²) >= 11 is 1.45. The van der Waals surface area contributed by atoms with Crippen LogP contribution in [0.1, 0.15) is 15.9 Å². The summed E-state index contributed by atoms with van der Waals surface area (Å²) < 4.78 is 5.48. The fraction of sp³-hybridized carbons (Fsp3) is 0.0833. The van der Waals surface area contributed by atoms with Crippen LogP contribution in [0.4, 0.5) is 5.69 Å². The number of Topliss-reactive ketones (excluding diaryl/α,β-unsaturated/α-hetero) is 1. The Morgan fingerprint density at radius 3 is 2.41 bits per heavy atom. The van der Waals surface area contributed by atoms with Gasteiger partial charge in [0.2, 0.25) is 5.78 Å². The first-order chi connectivity index (χ1) is 14.2. The minimum atomic E-state index is -0.589. The van der Waals surface area contributed by atoms with Crippen molar-refractivity contribution in [2.24, 2.45) is 0 Å². The maximum atomic E-state index is 13.2. The van der Waals surface area contributed by atoms with Gasteiger partial charge in [-0.15, -0.1) is 0 Å². The second-order valence-corrected chi connectivity index (χ2v) is 7.88. The van der Waals surface area contributed by atoms with Crippen molar-refractivity contribution >= 4 is 29.2 Å². The largest absolute Gasteiger partial charge is 0.422 e. The summed E-state index contributed by atoms with van der Waals surface area (Å²) in [6.45, 7) is 0.662.